The van der Waals surface area contributed by atoms with Gasteiger partial charge < -0.3 is 10.0 Å². The molecular weight excluding hydrogens is 310 g/mol. The molecule has 1 saturated heterocycles. The van der Waals surface area contributed by atoms with Gasteiger partial charge in [-0.05, 0) is 6.92 Å². The molecule has 2 rings (SSSR count). The molecule has 0 aliphatic carbocycles. The maximum absolute atomic E-state index is 12.6. The first-order valence-electron chi connectivity index (χ1n) is 6.61. The molecule has 1 aromatic rings. The van der Waals surface area contributed by atoms with E-state index in [2.05, 4.69) is 4.98 Å². The average molecular weight is 325 g/mol. The third kappa shape index (κ3) is 3.53. The molecule has 1 atom stereocenters. The summed E-state index contributed by atoms with van der Waals surface area (Å²) in [7, 11) is 0. The van der Waals surface area contributed by atoms with Crippen LogP contribution in [0, 0.1) is 17.0 Å². The fourth-order valence-electron chi connectivity index (χ4n) is 2.29. The highest BCUT2D eigenvalue weighted by atomic mass is 32.2. The second kappa shape index (κ2) is 6.73. The standard InChI is InChI=1S/C13H15N3O5S/c1-8-11(4-9(6-14-8)16(20)21)13(19)15-2-3-22-7-10(15)5-12(17)18/h4,6,10H,2-3,5,7H2,1H3,(H,17,18). The van der Waals surface area contributed by atoms with Gasteiger partial charge in [-0.25, -0.2) is 0 Å². The molecule has 2 heterocycles. The molecule has 118 valence electrons. The number of carbonyl (C=O) groups is 2. The van der Waals surface area contributed by atoms with E-state index in [9.17, 15) is 19.7 Å². The van der Waals surface area contributed by atoms with Gasteiger partial charge in [0.1, 0.15) is 6.20 Å². The molecule has 0 saturated carbocycles. The Morgan fingerprint density at radius 2 is 2.32 bits per heavy atom. The number of carboxylic acids is 1. The van der Waals surface area contributed by atoms with Gasteiger partial charge in [0.25, 0.3) is 11.6 Å². The highest BCUT2D eigenvalue weighted by Crippen LogP contribution is 2.23. The number of carboxylic acid groups (broad SMARTS) is 1. The number of aryl methyl sites for hydroxylation is 1. The van der Waals surface area contributed by atoms with E-state index < -0.39 is 22.8 Å². The zero-order valence-corrected chi connectivity index (χ0v) is 12.7. The van der Waals surface area contributed by atoms with Crippen molar-refractivity contribution < 1.29 is 19.6 Å². The van der Waals surface area contributed by atoms with Gasteiger partial charge in [0.2, 0.25) is 0 Å². The maximum Gasteiger partial charge on any atom is 0.305 e. The van der Waals surface area contributed by atoms with Crippen LogP contribution in [0.5, 0.6) is 0 Å². The quantitative estimate of drug-likeness (QED) is 0.656. The molecule has 1 aliphatic rings. The van der Waals surface area contributed by atoms with E-state index >= 15 is 0 Å². The monoisotopic (exact) mass is 325 g/mol. The summed E-state index contributed by atoms with van der Waals surface area (Å²) in [5.41, 5.74) is 0.287. The summed E-state index contributed by atoms with van der Waals surface area (Å²) in [6.07, 6.45) is 0.965. The minimum Gasteiger partial charge on any atom is -0.481 e. The molecule has 0 aromatic carbocycles. The zero-order valence-electron chi connectivity index (χ0n) is 11.9. The van der Waals surface area contributed by atoms with E-state index in [1.165, 1.54) is 11.0 Å². The summed E-state index contributed by atoms with van der Waals surface area (Å²) < 4.78 is 0. The SMILES string of the molecule is Cc1ncc([N+](=O)[O-])cc1C(=O)N1CCSCC1CC(=O)O. The molecule has 9 heteroatoms. The summed E-state index contributed by atoms with van der Waals surface area (Å²) >= 11 is 1.59. The van der Waals surface area contributed by atoms with Gasteiger partial charge in [-0.2, -0.15) is 11.8 Å². The van der Waals surface area contributed by atoms with Crippen LogP contribution >= 0.6 is 11.8 Å². The Morgan fingerprint density at radius 1 is 1.59 bits per heavy atom. The van der Waals surface area contributed by atoms with E-state index in [1.807, 2.05) is 0 Å². The van der Waals surface area contributed by atoms with Crippen LogP contribution in [-0.4, -0.2) is 55.9 Å². The molecule has 22 heavy (non-hydrogen) atoms. The summed E-state index contributed by atoms with van der Waals surface area (Å²) in [6.45, 7) is 2.02. The van der Waals surface area contributed by atoms with Crippen molar-refractivity contribution in [1.82, 2.24) is 9.88 Å². The molecule has 1 aliphatic heterocycles. The van der Waals surface area contributed by atoms with E-state index in [-0.39, 0.29) is 17.7 Å². The molecule has 1 N–H and O–H groups in total. The number of amides is 1. The van der Waals surface area contributed by atoms with Crippen molar-refractivity contribution in [2.24, 2.45) is 0 Å². The van der Waals surface area contributed by atoms with Crippen LogP contribution in [-0.2, 0) is 4.79 Å². The smallest absolute Gasteiger partial charge is 0.305 e. The zero-order chi connectivity index (χ0) is 16.3. The third-order valence-electron chi connectivity index (χ3n) is 3.41. The second-order valence-electron chi connectivity index (χ2n) is 4.91. The van der Waals surface area contributed by atoms with Gasteiger partial charge in [-0.15, -0.1) is 0 Å². The fraction of sp³-hybridized carbons (Fsp3) is 0.462. The summed E-state index contributed by atoms with van der Waals surface area (Å²) in [5, 5.41) is 19.8. The van der Waals surface area contributed by atoms with Gasteiger partial charge in [-0.3, -0.25) is 24.7 Å². The highest BCUT2D eigenvalue weighted by Gasteiger charge is 2.31. The topological polar surface area (TPSA) is 114 Å². The number of thioether (sulfide) groups is 1. The molecule has 1 fully saturated rings. The molecule has 0 radical (unpaired) electrons. The summed E-state index contributed by atoms with van der Waals surface area (Å²) in [4.78, 5) is 39.2. The minimum atomic E-state index is -0.973. The molecule has 8 nitrogen and oxygen atoms in total. The van der Waals surface area contributed by atoms with E-state index in [4.69, 9.17) is 5.11 Å². The Bertz CT molecular complexity index is 622. The van der Waals surface area contributed by atoms with Crippen molar-refractivity contribution in [3.05, 3.63) is 33.6 Å². The first-order valence-corrected chi connectivity index (χ1v) is 7.77. The van der Waals surface area contributed by atoms with Crippen molar-refractivity contribution in [3.8, 4) is 0 Å². The van der Waals surface area contributed by atoms with Crippen LogP contribution in [0.2, 0.25) is 0 Å². The number of nitro groups is 1. The number of carbonyl (C=O) groups excluding carboxylic acids is 1. The average Bonchev–Trinajstić information content (AvgIpc) is 2.46. The number of aliphatic carboxylic acids is 1. The van der Waals surface area contributed by atoms with Crippen LogP contribution in [0.3, 0.4) is 0 Å². The first-order chi connectivity index (χ1) is 10.4. The van der Waals surface area contributed by atoms with Crippen LogP contribution in [0.25, 0.3) is 0 Å². The number of rotatable bonds is 4. The lowest BCUT2D eigenvalue weighted by Gasteiger charge is -2.34. The predicted octanol–water partition coefficient (Wildman–Crippen LogP) is 1.33. The van der Waals surface area contributed by atoms with Gasteiger partial charge in [0.05, 0.1) is 28.6 Å². The Balaban J connectivity index is 2.30. The third-order valence-corrected chi connectivity index (χ3v) is 4.50. The number of aromatic nitrogens is 1. The first kappa shape index (κ1) is 16.2. The van der Waals surface area contributed by atoms with Crippen LogP contribution < -0.4 is 0 Å². The van der Waals surface area contributed by atoms with Gasteiger partial charge in [0, 0.05) is 24.1 Å². The van der Waals surface area contributed by atoms with Crippen LogP contribution in [0.1, 0.15) is 22.5 Å². The number of hydrogen-bond donors (Lipinski definition) is 1. The maximum atomic E-state index is 12.6. The van der Waals surface area contributed by atoms with Crippen molar-refractivity contribution in [2.75, 3.05) is 18.1 Å². The largest absolute Gasteiger partial charge is 0.481 e. The van der Waals surface area contributed by atoms with Crippen molar-refractivity contribution in [3.63, 3.8) is 0 Å². The molecule has 1 amide bonds. The Morgan fingerprint density at radius 3 is 2.95 bits per heavy atom. The summed E-state index contributed by atoms with van der Waals surface area (Å²) in [5.74, 6) is -0.123. The van der Waals surface area contributed by atoms with Gasteiger partial charge >= 0.3 is 5.97 Å². The van der Waals surface area contributed by atoms with Crippen molar-refractivity contribution >= 4 is 29.3 Å². The molecular formula is C13H15N3O5S. The second-order valence-corrected chi connectivity index (χ2v) is 6.06. The molecule has 1 unspecified atom stereocenters. The predicted molar refractivity (Wildman–Crippen MR) is 80.0 cm³/mol. The molecule has 1 aromatic heterocycles. The van der Waals surface area contributed by atoms with E-state index in [0.29, 0.717) is 23.7 Å². The van der Waals surface area contributed by atoms with Crippen LogP contribution in [0.4, 0.5) is 5.69 Å². The lowest BCUT2D eigenvalue weighted by molar-refractivity contribution is -0.385. The van der Waals surface area contributed by atoms with E-state index in [1.54, 1.807) is 18.7 Å². The lowest BCUT2D eigenvalue weighted by Crippen LogP contribution is -2.47. The molecule has 0 spiro atoms. The van der Waals surface area contributed by atoms with Crippen molar-refractivity contribution in [2.45, 2.75) is 19.4 Å². The van der Waals surface area contributed by atoms with Crippen LogP contribution in [0.15, 0.2) is 12.3 Å². The lowest BCUT2D eigenvalue weighted by atomic mass is 10.1. The minimum absolute atomic E-state index is 0.139. The summed E-state index contributed by atoms with van der Waals surface area (Å²) in [6, 6.07) is 0.784. The number of pyridine rings is 1. The highest BCUT2D eigenvalue weighted by molar-refractivity contribution is 7.99. The fourth-order valence-corrected chi connectivity index (χ4v) is 3.35. The van der Waals surface area contributed by atoms with Gasteiger partial charge in [0.15, 0.2) is 0 Å². The van der Waals surface area contributed by atoms with E-state index in [0.717, 1.165) is 6.20 Å². The van der Waals surface area contributed by atoms with Gasteiger partial charge in [-0.1, -0.05) is 0 Å². The molecule has 0 bridgehead atoms. The normalized spacial score (nSPS) is 18.0. The Kier molecular flexibility index (Phi) is 4.96. The number of nitrogens with zero attached hydrogens (tertiary/aromatic N) is 3. The Labute approximate surface area is 130 Å². The Hall–Kier alpha value is -2.16. The number of hydrogen-bond acceptors (Lipinski definition) is 6. The van der Waals surface area contributed by atoms with Crippen molar-refractivity contribution in [1.29, 1.82) is 0 Å².